The summed E-state index contributed by atoms with van der Waals surface area (Å²) in [4.78, 5) is 11.3. The van der Waals surface area contributed by atoms with Crippen molar-refractivity contribution in [3.05, 3.63) is 78.0 Å². The van der Waals surface area contributed by atoms with Crippen LogP contribution in [-0.2, 0) is 6.42 Å². The maximum Gasteiger partial charge on any atom is 0.161 e. The molecule has 29 heavy (non-hydrogen) atoms. The van der Waals surface area contributed by atoms with Crippen LogP contribution < -0.4 is 4.90 Å². The highest BCUT2D eigenvalue weighted by atomic mass is 35.5. The molecule has 0 bridgehead atoms. The molecule has 1 aliphatic rings. The highest BCUT2D eigenvalue weighted by Gasteiger charge is 2.23. The lowest BCUT2D eigenvalue weighted by Crippen LogP contribution is -2.15. The fourth-order valence-electron chi connectivity index (χ4n) is 4.01. The zero-order chi connectivity index (χ0) is 19.4. The molecule has 5 aromatic rings. The Kier molecular flexibility index (Phi) is 3.55. The molecule has 0 amide bonds. The van der Waals surface area contributed by atoms with Gasteiger partial charge in [0.25, 0.3) is 0 Å². The van der Waals surface area contributed by atoms with E-state index in [-0.39, 0.29) is 0 Å². The van der Waals surface area contributed by atoms with Crippen LogP contribution >= 0.6 is 11.6 Å². The second-order valence-electron chi connectivity index (χ2n) is 7.12. The summed E-state index contributed by atoms with van der Waals surface area (Å²) in [6, 6.07) is 16.4. The highest BCUT2D eigenvalue weighted by Crippen LogP contribution is 2.38. The quantitative estimate of drug-likeness (QED) is 0.432. The van der Waals surface area contributed by atoms with Gasteiger partial charge in [0.15, 0.2) is 5.65 Å². The lowest BCUT2D eigenvalue weighted by Gasteiger charge is -2.20. The highest BCUT2D eigenvalue weighted by molar-refractivity contribution is 6.31. The number of hydrogen-bond donors (Lipinski definition) is 0. The number of benzene rings is 2. The van der Waals surface area contributed by atoms with E-state index in [4.69, 9.17) is 11.6 Å². The van der Waals surface area contributed by atoms with Crippen LogP contribution in [0.2, 0.25) is 5.02 Å². The third-order valence-electron chi connectivity index (χ3n) is 5.45. The largest absolute Gasteiger partial charge is 0.325 e. The van der Waals surface area contributed by atoms with Crippen molar-refractivity contribution in [2.75, 3.05) is 11.4 Å². The van der Waals surface area contributed by atoms with Crippen LogP contribution in [-0.4, -0.2) is 31.1 Å². The zero-order valence-electron chi connectivity index (χ0n) is 15.3. The third kappa shape index (κ3) is 2.64. The summed E-state index contributed by atoms with van der Waals surface area (Å²) in [7, 11) is 0. The van der Waals surface area contributed by atoms with Crippen LogP contribution in [0.4, 0.5) is 11.5 Å². The number of hydrogen-bond acceptors (Lipinski definition) is 5. The minimum absolute atomic E-state index is 0.733. The van der Waals surface area contributed by atoms with Gasteiger partial charge >= 0.3 is 0 Å². The van der Waals surface area contributed by atoms with Crippen molar-refractivity contribution in [2.24, 2.45) is 0 Å². The van der Waals surface area contributed by atoms with Crippen LogP contribution in [0.1, 0.15) is 5.56 Å². The fraction of sp³-hybridized carbons (Fsp3) is 0.0909. The van der Waals surface area contributed by atoms with Gasteiger partial charge in [0.1, 0.15) is 18.5 Å². The lowest BCUT2D eigenvalue weighted by atomic mass is 10.0. The molecule has 0 radical (unpaired) electrons. The monoisotopic (exact) mass is 398 g/mol. The van der Waals surface area contributed by atoms with Crippen LogP contribution in [0, 0.1) is 0 Å². The molecule has 140 valence electrons. The van der Waals surface area contributed by atoms with Crippen molar-refractivity contribution >= 4 is 39.7 Å². The molecule has 4 heterocycles. The standard InChI is InChI=1S/C22H15ClN6/c23-17-3-1-14-6-8-29(20(14)11-17)22-18-9-15(2-4-19(18)24-12-25-22)16-5-7-28-13-26-27-21(28)10-16/h1-5,7,9-13H,6,8H2. The Balaban J connectivity index is 1.52. The first kappa shape index (κ1) is 16.4. The molecule has 0 unspecified atom stereocenters. The molecule has 6 rings (SSSR count). The van der Waals surface area contributed by atoms with E-state index in [2.05, 4.69) is 49.3 Å². The Morgan fingerprint density at radius 1 is 0.931 bits per heavy atom. The van der Waals surface area contributed by atoms with Gasteiger partial charge in [-0.3, -0.25) is 4.40 Å². The Hall–Kier alpha value is -3.51. The fourth-order valence-corrected chi connectivity index (χ4v) is 4.17. The molecule has 7 heteroatoms. The normalized spacial score (nSPS) is 13.3. The van der Waals surface area contributed by atoms with Crippen LogP contribution in [0.3, 0.4) is 0 Å². The van der Waals surface area contributed by atoms with E-state index in [1.165, 1.54) is 5.56 Å². The van der Waals surface area contributed by atoms with Crippen molar-refractivity contribution in [2.45, 2.75) is 6.42 Å². The van der Waals surface area contributed by atoms with E-state index < -0.39 is 0 Å². The van der Waals surface area contributed by atoms with Crippen LogP contribution in [0.15, 0.2) is 67.4 Å². The first-order chi connectivity index (χ1) is 14.3. The molecule has 0 fully saturated rings. The van der Waals surface area contributed by atoms with Gasteiger partial charge in [-0.05, 0) is 59.5 Å². The molecule has 0 N–H and O–H groups in total. The summed E-state index contributed by atoms with van der Waals surface area (Å²) in [5.41, 5.74) is 6.30. The Labute approximate surface area is 171 Å². The molecule has 1 aliphatic heterocycles. The number of aromatic nitrogens is 5. The van der Waals surface area contributed by atoms with Crippen LogP contribution in [0.25, 0.3) is 27.7 Å². The molecule has 3 aromatic heterocycles. The number of pyridine rings is 1. The van der Waals surface area contributed by atoms with Crippen molar-refractivity contribution in [1.82, 2.24) is 24.6 Å². The summed E-state index contributed by atoms with van der Waals surface area (Å²) in [6.45, 7) is 0.873. The summed E-state index contributed by atoms with van der Waals surface area (Å²) < 4.78 is 1.89. The lowest BCUT2D eigenvalue weighted by molar-refractivity contribution is 0.975. The maximum atomic E-state index is 6.27. The molecule has 2 aromatic carbocycles. The van der Waals surface area contributed by atoms with Gasteiger partial charge in [0.05, 0.1) is 5.52 Å². The van der Waals surface area contributed by atoms with Crippen molar-refractivity contribution in [1.29, 1.82) is 0 Å². The Morgan fingerprint density at radius 2 is 1.86 bits per heavy atom. The van der Waals surface area contributed by atoms with Gasteiger partial charge in [-0.15, -0.1) is 10.2 Å². The molecule has 0 aliphatic carbocycles. The van der Waals surface area contributed by atoms with Gasteiger partial charge < -0.3 is 4.90 Å². The van der Waals surface area contributed by atoms with E-state index >= 15 is 0 Å². The number of anilines is 2. The predicted molar refractivity (Wildman–Crippen MR) is 114 cm³/mol. The van der Waals surface area contributed by atoms with E-state index in [1.807, 2.05) is 34.9 Å². The SMILES string of the molecule is Clc1ccc2c(c1)N(c1ncnc3ccc(-c4ccn5cnnc5c4)cc13)CC2. The van der Waals surface area contributed by atoms with Gasteiger partial charge in [-0.1, -0.05) is 23.7 Å². The zero-order valence-corrected chi connectivity index (χ0v) is 16.1. The minimum Gasteiger partial charge on any atom is -0.325 e. The second kappa shape index (κ2) is 6.25. The number of nitrogens with zero attached hydrogens (tertiary/aromatic N) is 6. The molecule has 0 atom stereocenters. The van der Waals surface area contributed by atoms with E-state index in [1.54, 1.807) is 12.7 Å². The number of fused-ring (bicyclic) bond motifs is 3. The number of halogens is 1. The topological polar surface area (TPSA) is 59.2 Å². The Bertz CT molecular complexity index is 1390. The van der Waals surface area contributed by atoms with E-state index in [0.717, 1.165) is 57.2 Å². The van der Waals surface area contributed by atoms with E-state index in [9.17, 15) is 0 Å². The van der Waals surface area contributed by atoms with Crippen LogP contribution in [0.5, 0.6) is 0 Å². The predicted octanol–water partition coefficient (Wildman–Crippen LogP) is 4.69. The van der Waals surface area contributed by atoms with Crippen molar-refractivity contribution in [3.63, 3.8) is 0 Å². The first-order valence-electron chi connectivity index (χ1n) is 9.37. The maximum absolute atomic E-state index is 6.27. The average Bonchev–Trinajstić information content (AvgIpc) is 3.39. The molecule has 0 saturated heterocycles. The van der Waals surface area contributed by atoms with Crippen molar-refractivity contribution in [3.8, 4) is 11.1 Å². The molecular formula is C22H15ClN6. The molecule has 0 saturated carbocycles. The summed E-state index contributed by atoms with van der Waals surface area (Å²) >= 11 is 6.27. The summed E-state index contributed by atoms with van der Waals surface area (Å²) in [5.74, 6) is 0.904. The summed E-state index contributed by atoms with van der Waals surface area (Å²) in [6.07, 6.45) is 6.26. The third-order valence-corrected chi connectivity index (χ3v) is 5.68. The van der Waals surface area contributed by atoms with Gasteiger partial charge in [-0.2, -0.15) is 0 Å². The van der Waals surface area contributed by atoms with Crippen molar-refractivity contribution < 1.29 is 0 Å². The van der Waals surface area contributed by atoms with E-state index in [0.29, 0.717) is 0 Å². The van der Waals surface area contributed by atoms with Gasteiger partial charge in [-0.25, -0.2) is 9.97 Å². The average molecular weight is 399 g/mol. The molecular weight excluding hydrogens is 384 g/mol. The van der Waals surface area contributed by atoms with Gasteiger partial charge in [0, 0.05) is 28.8 Å². The minimum atomic E-state index is 0.733. The molecule has 6 nitrogen and oxygen atoms in total. The first-order valence-corrected chi connectivity index (χ1v) is 9.74. The Morgan fingerprint density at radius 3 is 2.83 bits per heavy atom. The molecule has 0 spiro atoms. The smallest absolute Gasteiger partial charge is 0.161 e. The van der Waals surface area contributed by atoms with Gasteiger partial charge in [0.2, 0.25) is 0 Å². The number of rotatable bonds is 2. The summed E-state index contributed by atoms with van der Waals surface area (Å²) in [5, 5.41) is 9.85. The second-order valence-corrected chi connectivity index (χ2v) is 7.55.